The monoisotopic (exact) mass is 384 g/mol. The second-order valence-electron chi connectivity index (χ2n) is 5.77. The van der Waals surface area contributed by atoms with E-state index < -0.39 is 0 Å². The number of hydrogen-bond donors (Lipinski definition) is 0. The van der Waals surface area contributed by atoms with Crippen molar-refractivity contribution in [2.24, 2.45) is 0 Å². The van der Waals surface area contributed by atoms with Crippen molar-refractivity contribution < 1.29 is 9.18 Å². The van der Waals surface area contributed by atoms with Gasteiger partial charge in [-0.15, -0.1) is 0 Å². The first-order valence-corrected chi connectivity index (χ1v) is 8.41. The number of carbonyl (C=O) groups excluding carboxylic acids is 1. The molecule has 0 radical (unpaired) electrons. The lowest BCUT2D eigenvalue weighted by Gasteiger charge is -2.23. The summed E-state index contributed by atoms with van der Waals surface area (Å²) in [5.74, 6) is -0.521. The van der Waals surface area contributed by atoms with Crippen LogP contribution in [0.2, 0.25) is 0 Å². The highest BCUT2D eigenvalue weighted by molar-refractivity contribution is 9.10. The summed E-state index contributed by atoms with van der Waals surface area (Å²) < 4.78 is 16.0. The van der Waals surface area contributed by atoms with Crippen molar-refractivity contribution in [3.8, 4) is 0 Å². The summed E-state index contributed by atoms with van der Waals surface area (Å²) in [6, 6.07) is 16.1. The van der Waals surface area contributed by atoms with Gasteiger partial charge in [0.1, 0.15) is 5.82 Å². The smallest absolute Gasteiger partial charge is 0.259 e. The Hall–Kier alpha value is -2.40. The van der Waals surface area contributed by atoms with Crippen molar-refractivity contribution >= 4 is 27.5 Å². The standard InChI is InChI=1S/C19H14BrFN2O/c20-17-10-14(21)7-8-16(17)19(24)23-12-15-5-3-9-22(15)11-13-4-1-2-6-18(13)23/h1-10H,11-12H2. The van der Waals surface area contributed by atoms with Crippen molar-refractivity contribution in [1.82, 2.24) is 4.57 Å². The van der Waals surface area contributed by atoms with Crippen LogP contribution >= 0.6 is 15.9 Å². The van der Waals surface area contributed by atoms with E-state index in [9.17, 15) is 9.18 Å². The number of nitrogens with zero attached hydrogens (tertiary/aromatic N) is 2. The Morgan fingerprint density at radius 1 is 1.04 bits per heavy atom. The highest BCUT2D eigenvalue weighted by atomic mass is 79.9. The molecular weight excluding hydrogens is 371 g/mol. The Morgan fingerprint density at radius 3 is 2.71 bits per heavy atom. The van der Waals surface area contributed by atoms with Crippen LogP contribution in [0.25, 0.3) is 0 Å². The number of halogens is 2. The molecule has 3 nitrogen and oxygen atoms in total. The summed E-state index contributed by atoms with van der Waals surface area (Å²) in [5, 5.41) is 0. The Labute approximate surface area is 147 Å². The minimum atomic E-state index is -0.372. The molecule has 24 heavy (non-hydrogen) atoms. The van der Waals surface area contributed by atoms with E-state index in [0.29, 0.717) is 16.6 Å². The topological polar surface area (TPSA) is 25.2 Å². The van der Waals surface area contributed by atoms with Crippen molar-refractivity contribution in [3.05, 3.63) is 87.9 Å². The number of carbonyl (C=O) groups is 1. The maximum absolute atomic E-state index is 13.4. The molecule has 5 heteroatoms. The number of hydrogen-bond acceptors (Lipinski definition) is 1. The van der Waals surface area contributed by atoms with E-state index in [2.05, 4.69) is 20.5 Å². The molecule has 0 N–H and O–H groups in total. The predicted octanol–water partition coefficient (Wildman–Crippen LogP) is 4.60. The van der Waals surface area contributed by atoms with Gasteiger partial charge < -0.3 is 9.47 Å². The molecule has 0 spiro atoms. The average Bonchev–Trinajstić information content (AvgIpc) is 2.93. The molecule has 2 heterocycles. The third-order valence-corrected chi connectivity index (χ3v) is 4.93. The van der Waals surface area contributed by atoms with Gasteiger partial charge in [0.05, 0.1) is 12.1 Å². The fourth-order valence-electron chi connectivity index (χ4n) is 3.08. The molecule has 0 saturated carbocycles. The summed E-state index contributed by atoms with van der Waals surface area (Å²) in [6.07, 6.45) is 2.02. The van der Waals surface area contributed by atoms with E-state index in [1.165, 1.54) is 18.2 Å². The molecule has 1 amide bonds. The molecule has 2 aromatic carbocycles. The van der Waals surface area contributed by atoms with Crippen LogP contribution in [-0.2, 0) is 13.1 Å². The van der Waals surface area contributed by atoms with Crippen molar-refractivity contribution in [2.75, 3.05) is 4.90 Å². The number of rotatable bonds is 1. The number of anilines is 1. The summed E-state index contributed by atoms with van der Waals surface area (Å²) in [6.45, 7) is 1.21. The second kappa shape index (κ2) is 5.91. The van der Waals surface area contributed by atoms with E-state index in [-0.39, 0.29) is 11.7 Å². The second-order valence-corrected chi connectivity index (χ2v) is 6.63. The first-order chi connectivity index (χ1) is 11.6. The van der Waals surface area contributed by atoms with E-state index in [1.807, 2.05) is 42.6 Å². The lowest BCUT2D eigenvalue weighted by Crippen LogP contribution is -2.30. The minimum Gasteiger partial charge on any atom is -0.345 e. The third-order valence-electron chi connectivity index (χ3n) is 4.27. The quantitative estimate of drug-likeness (QED) is 0.601. The van der Waals surface area contributed by atoms with Crippen molar-refractivity contribution in [3.63, 3.8) is 0 Å². The van der Waals surface area contributed by atoms with Gasteiger partial charge in [0.25, 0.3) is 5.91 Å². The van der Waals surface area contributed by atoms with Crippen LogP contribution in [0.1, 0.15) is 21.6 Å². The van der Waals surface area contributed by atoms with Crippen LogP contribution in [0, 0.1) is 5.82 Å². The van der Waals surface area contributed by atoms with Gasteiger partial charge in [0, 0.05) is 28.6 Å². The van der Waals surface area contributed by atoms with E-state index in [0.717, 1.165) is 23.5 Å². The Bertz CT molecular complexity index is 935. The van der Waals surface area contributed by atoms with E-state index >= 15 is 0 Å². The molecule has 4 rings (SSSR count). The Kier molecular flexibility index (Phi) is 3.73. The van der Waals surface area contributed by atoms with Crippen LogP contribution in [0.3, 0.4) is 0 Å². The van der Waals surface area contributed by atoms with Crippen LogP contribution in [0.15, 0.2) is 65.3 Å². The summed E-state index contributed by atoms with van der Waals surface area (Å²) in [4.78, 5) is 14.9. The lowest BCUT2D eigenvalue weighted by atomic mass is 10.1. The molecule has 0 atom stereocenters. The predicted molar refractivity (Wildman–Crippen MR) is 94.6 cm³/mol. The zero-order chi connectivity index (χ0) is 16.7. The fraction of sp³-hybridized carbons (Fsp3) is 0.105. The SMILES string of the molecule is O=C(c1ccc(F)cc1Br)N1Cc2cccn2Cc2ccccc21. The molecule has 120 valence electrons. The van der Waals surface area contributed by atoms with Crippen LogP contribution in [0.5, 0.6) is 0 Å². The van der Waals surface area contributed by atoms with Crippen molar-refractivity contribution in [2.45, 2.75) is 13.1 Å². The van der Waals surface area contributed by atoms with Gasteiger partial charge in [-0.05, 0) is 57.9 Å². The summed E-state index contributed by atoms with van der Waals surface area (Å²) in [5.41, 5.74) is 3.49. The van der Waals surface area contributed by atoms with Gasteiger partial charge in [0.2, 0.25) is 0 Å². The molecular formula is C19H14BrFN2O. The van der Waals surface area contributed by atoms with Crippen LogP contribution < -0.4 is 4.90 Å². The van der Waals surface area contributed by atoms with Gasteiger partial charge in [-0.1, -0.05) is 18.2 Å². The lowest BCUT2D eigenvalue weighted by molar-refractivity contribution is 0.0984. The molecule has 0 aliphatic carbocycles. The molecule has 0 unspecified atom stereocenters. The van der Waals surface area contributed by atoms with Gasteiger partial charge in [-0.2, -0.15) is 0 Å². The van der Waals surface area contributed by atoms with E-state index in [1.54, 1.807) is 4.90 Å². The molecule has 1 aliphatic rings. The van der Waals surface area contributed by atoms with Gasteiger partial charge in [-0.3, -0.25) is 4.79 Å². The van der Waals surface area contributed by atoms with Crippen molar-refractivity contribution in [1.29, 1.82) is 0 Å². The zero-order valence-electron chi connectivity index (χ0n) is 12.7. The molecule has 1 aromatic heterocycles. The summed E-state index contributed by atoms with van der Waals surface area (Å²) >= 11 is 3.31. The molecule has 0 fully saturated rings. The number of aromatic nitrogens is 1. The maximum atomic E-state index is 13.4. The Balaban J connectivity index is 1.83. The Morgan fingerprint density at radius 2 is 1.88 bits per heavy atom. The first kappa shape index (κ1) is 15.1. The number of fused-ring (bicyclic) bond motifs is 2. The number of benzene rings is 2. The van der Waals surface area contributed by atoms with Gasteiger partial charge >= 0.3 is 0 Å². The highest BCUT2D eigenvalue weighted by Crippen LogP contribution is 2.30. The summed E-state index contributed by atoms with van der Waals surface area (Å²) in [7, 11) is 0. The normalized spacial score (nSPS) is 13.2. The van der Waals surface area contributed by atoms with Crippen LogP contribution in [0.4, 0.5) is 10.1 Å². The number of para-hydroxylation sites is 1. The highest BCUT2D eigenvalue weighted by Gasteiger charge is 2.25. The zero-order valence-corrected chi connectivity index (χ0v) is 14.3. The molecule has 1 aliphatic heterocycles. The number of amides is 1. The van der Waals surface area contributed by atoms with Gasteiger partial charge in [-0.25, -0.2) is 4.39 Å². The molecule has 0 saturated heterocycles. The molecule has 0 bridgehead atoms. The van der Waals surface area contributed by atoms with Crippen LogP contribution in [-0.4, -0.2) is 10.5 Å². The minimum absolute atomic E-state index is 0.149. The third kappa shape index (κ3) is 2.55. The fourth-order valence-corrected chi connectivity index (χ4v) is 3.60. The average molecular weight is 385 g/mol. The maximum Gasteiger partial charge on any atom is 0.259 e. The molecule has 3 aromatic rings. The largest absolute Gasteiger partial charge is 0.345 e. The first-order valence-electron chi connectivity index (χ1n) is 7.62. The van der Waals surface area contributed by atoms with Gasteiger partial charge in [0.15, 0.2) is 0 Å². The van der Waals surface area contributed by atoms with E-state index in [4.69, 9.17) is 0 Å².